The maximum Gasteiger partial charge on any atom is 0.0343 e. The number of hydrogen-bond donors (Lipinski definition) is 1. The van der Waals surface area contributed by atoms with Gasteiger partial charge in [-0.2, -0.15) is 0 Å². The first-order chi connectivity index (χ1) is 7.76. The van der Waals surface area contributed by atoms with Gasteiger partial charge in [-0.25, -0.2) is 0 Å². The van der Waals surface area contributed by atoms with E-state index >= 15 is 0 Å². The molecule has 0 radical (unpaired) electrons. The zero-order valence-corrected chi connectivity index (χ0v) is 10.7. The molecule has 0 amide bonds. The number of rotatable bonds is 4. The van der Waals surface area contributed by atoms with Crippen LogP contribution in [-0.4, -0.2) is 7.05 Å². The lowest BCUT2D eigenvalue weighted by Crippen LogP contribution is -2.23. The zero-order chi connectivity index (χ0) is 11.5. The highest BCUT2D eigenvalue weighted by Gasteiger charge is 2.18. The summed E-state index contributed by atoms with van der Waals surface area (Å²) in [6.45, 7) is 4.59. The summed E-state index contributed by atoms with van der Waals surface area (Å²) in [7, 11) is 2.07. The normalized spacial score (nSPS) is 18.2. The van der Waals surface area contributed by atoms with Crippen LogP contribution in [0.1, 0.15) is 49.4 Å². The fourth-order valence-electron chi connectivity index (χ4n) is 2.80. The second-order valence-electron chi connectivity index (χ2n) is 5.03. The quantitative estimate of drug-likeness (QED) is 0.814. The number of nitrogens with one attached hydrogen (secondary N) is 1. The summed E-state index contributed by atoms with van der Waals surface area (Å²) >= 11 is 0. The van der Waals surface area contributed by atoms with Crippen molar-refractivity contribution in [3.05, 3.63) is 34.9 Å². The van der Waals surface area contributed by atoms with Crippen molar-refractivity contribution in [2.75, 3.05) is 7.05 Å². The summed E-state index contributed by atoms with van der Waals surface area (Å²) in [6, 6.07) is 7.59. The lowest BCUT2D eigenvalue weighted by molar-refractivity contribution is 0.400. The van der Waals surface area contributed by atoms with E-state index in [1.54, 1.807) is 11.1 Å². The Morgan fingerprint density at radius 3 is 2.69 bits per heavy atom. The third kappa shape index (κ3) is 2.15. The molecule has 16 heavy (non-hydrogen) atoms. The number of benzene rings is 1. The van der Waals surface area contributed by atoms with Crippen LogP contribution >= 0.6 is 0 Å². The molecule has 0 bridgehead atoms. The molecular weight excluding hydrogens is 194 g/mol. The Labute approximate surface area is 99.3 Å². The average Bonchev–Trinajstić information content (AvgIpc) is 2.77. The van der Waals surface area contributed by atoms with E-state index in [2.05, 4.69) is 44.4 Å². The van der Waals surface area contributed by atoms with Gasteiger partial charge in [0.2, 0.25) is 0 Å². The van der Waals surface area contributed by atoms with Gasteiger partial charge >= 0.3 is 0 Å². The van der Waals surface area contributed by atoms with Crippen molar-refractivity contribution in [2.45, 2.75) is 45.6 Å². The second kappa shape index (κ2) is 5.01. The molecule has 0 aliphatic heterocycles. The highest BCUT2D eigenvalue weighted by atomic mass is 14.9. The van der Waals surface area contributed by atoms with Gasteiger partial charge < -0.3 is 5.32 Å². The molecule has 2 atom stereocenters. The van der Waals surface area contributed by atoms with Crippen molar-refractivity contribution in [1.29, 1.82) is 0 Å². The van der Waals surface area contributed by atoms with Crippen LogP contribution in [0.15, 0.2) is 18.2 Å². The topological polar surface area (TPSA) is 12.0 Å². The van der Waals surface area contributed by atoms with Crippen LogP contribution in [0.3, 0.4) is 0 Å². The Balaban J connectivity index is 2.25. The minimum atomic E-state index is 0.510. The smallest absolute Gasteiger partial charge is 0.0343 e. The molecule has 0 aromatic heterocycles. The summed E-state index contributed by atoms with van der Waals surface area (Å²) in [5.74, 6) is 0.699. The van der Waals surface area contributed by atoms with Crippen LogP contribution in [-0.2, 0) is 12.8 Å². The van der Waals surface area contributed by atoms with Crippen molar-refractivity contribution in [1.82, 2.24) is 5.32 Å². The molecular formula is C15H23N. The first-order valence-electron chi connectivity index (χ1n) is 6.55. The largest absolute Gasteiger partial charge is 0.313 e. The van der Waals surface area contributed by atoms with Crippen LogP contribution in [0.5, 0.6) is 0 Å². The lowest BCUT2D eigenvalue weighted by atomic mass is 9.91. The van der Waals surface area contributed by atoms with Gasteiger partial charge in [0.25, 0.3) is 0 Å². The van der Waals surface area contributed by atoms with E-state index in [9.17, 15) is 0 Å². The fourth-order valence-corrected chi connectivity index (χ4v) is 2.80. The van der Waals surface area contributed by atoms with Crippen LogP contribution in [0, 0.1) is 5.92 Å². The van der Waals surface area contributed by atoms with Gasteiger partial charge in [0.05, 0.1) is 0 Å². The number of aryl methyl sites for hydroxylation is 2. The minimum absolute atomic E-state index is 0.510. The van der Waals surface area contributed by atoms with Gasteiger partial charge in [-0.05, 0) is 48.9 Å². The Hall–Kier alpha value is -0.820. The highest BCUT2D eigenvalue weighted by molar-refractivity contribution is 5.36. The molecule has 0 heterocycles. The van der Waals surface area contributed by atoms with Crippen molar-refractivity contribution >= 4 is 0 Å². The van der Waals surface area contributed by atoms with Gasteiger partial charge in [-0.3, -0.25) is 0 Å². The predicted octanol–water partition coefficient (Wildman–Crippen LogP) is 3.48. The lowest BCUT2D eigenvalue weighted by Gasteiger charge is -2.23. The van der Waals surface area contributed by atoms with Crippen molar-refractivity contribution < 1.29 is 0 Å². The third-order valence-electron chi connectivity index (χ3n) is 4.01. The summed E-state index contributed by atoms with van der Waals surface area (Å²) in [6.07, 6.45) is 5.12. The monoisotopic (exact) mass is 217 g/mol. The highest BCUT2D eigenvalue weighted by Crippen LogP contribution is 2.29. The van der Waals surface area contributed by atoms with Crippen LogP contribution < -0.4 is 5.32 Å². The standard InChI is InChI=1S/C15H23N/c1-4-11(2)15(16-3)14-9-8-12-6-5-7-13(12)10-14/h8-11,15-16H,4-7H2,1-3H3. The Kier molecular flexibility index (Phi) is 3.65. The first-order valence-corrected chi connectivity index (χ1v) is 6.55. The first kappa shape index (κ1) is 11.7. The Morgan fingerprint density at radius 1 is 1.25 bits per heavy atom. The summed E-state index contributed by atoms with van der Waals surface area (Å²) in [5, 5.41) is 3.46. The molecule has 2 rings (SSSR count). The van der Waals surface area contributed by atoms with Crippen molar-refractivity contribution in [3.63, 3.8) is 0 Å². The van der Waals surface area contributed by atoms with E-state index < -0.39 is 0 Å². The van der Waals surface area contributed by atoms with Crippen LogP contribution in [0.4, 0.5) is 0 Å². The molecule has 1 N–H and O–H groups in total. The van der Waals surface area contributed by atoms with Crippen molar-refractivity contribution in [2.24, 2.45) is 5.92 Å². The molecule has 1 nitrogen and oxygen atoms in total. The van der Waals surface area contributed by atoms with Crippen LogP contribution in [0.2, 0.25) is 0 Å². The SMILES string of the molecule is CCC(C)C(NC)c1ccc2c(c1)CCC2. The maximum absolute atomic E-state index is 3.46. The molecule has 0 fully saturated rings. The third-order valence-corrected chi connectivity index (χ3v) is 4.01. The summed E-state index contributed by atoms with van der Waals surface area (Å²) in [4.78, 5) is 0. The zero-order valence-electron chi connectivity index (χ0n) is 10.7. The molecule has 1 aromatic rings. The Bertz CT molecular complexity index is 356. The Morgan fingerprint density at radius 2 is 2.00 bits per heavy atom. The second-order valence-corrected chi connectivity index (χ2v) is 5.03. The van der Waals surface area contributed by atoms with E-state index in [1.807, 2.05) is 0 Å². The maximum atomic E-state index is 3.46. The summed E-state index contributed by atoms with van der Waals surface area (Å²) < 4.78 is 0. The molecule has 1 aromatic carbocycles. The van der Waals surface area contributed by atoms with E-state index in [0.717, 1.165) is 0 Å². The molecule has 1 heteroatoms. The van der Waals surface area contributed by atoms with Crippen molar-refractivity contribution in [3.8, 4) is 0 Å². The molecule has 0 spiro atoms. The fraction of sp³-hybridized carbons (Fsp3) is 0.600. The van der Waals surface area contributed by atoms with E-state index in [0.29, 0.717) is 12.0 Å². The van der Waals surface area contributed by atoms with E-state index in [1.165, 1.54) is 31.2 Å². The molecule has 1 aliphatic rings. The van der Waals surface area contributed by atoms with Gasteiger partial charge in [0.15, 0.2) is 0 Å². The molecule has 88 valence electrons. The number of fused-ring (bicyclic) bond motifs is 1. The predicted molar refractivity (Wildman–Crippen MR) is 69.7 cm³/mol. The molecule has 1 aliphatic carbocycles. The van der Waals surface area contributed by atoms with Crippen LogP contribution in [0.25, 0.3) is 0 Å². The van der Waals surface area contributed by atoms with Gasteiger partial charge in [0, 0.05) is 6.04 Å². The molecule has 0 saturated carbocycles. The van der Waals surface area contributed by atoms with Gasteiger partial charge in [-0.15, -0.1) is 0 Å². The van der Waals surface area contributed by atoms with E-state index in [4.69, 9.17) is 0 Å². The average molecular weight is 217 g/mol. The molecule has 0 saturated heterocycles. The van der Waals surface area contributed by atoms with Gasteiger partial charge in [0.1, 0.15) is 0 Å². The van der Waals surface area contributed by atoms with Gasteiger partial charge in [-0.1, -0.05) is 38.5 Å². The van der Waals surface area contributed by atoms with E-state index in [-0.39, 0.29) is 0 Å². The summed E-state index contributed by atoms with van der Waals surface area (Å²) in [5.41, 5.74) is 4.63. The minimum Gasteiger partial charge on any atom is -0.313 e. The number of hydrogen-bond acceptors (Lipinski definition) is 1. The molecule has 2 unspecified atom stereocenters.